The molecule has 0 aliphatic heterocycles. The van der Waals surface area contributed by atoms with Crippen molar-refractivity contribution in [1.29, 1.82) is 0 Å². The molecule has 0 fully saturated rings. The van der Waals surface area contributed by atoms with E-state index >= 15 is 0 Å². The van der Waals surface area contributed by atoms with Crippen LogP contribution in [0.5, 0.6) is 0 Å². The number of aliphatic hydroxyl groups is 1. The predicted octanol–water partition coefficient (Wildman–Crippen LogP) is 4.17. The molecule has 7 nitrogen and oxygen atoms in total. The van der Waals surface area contributed by atoms with Crippen LogP contribution in [-0.4, -0.2) is 26.6 Å². The summed E-state index contributed by atoms with van der Waals surface area (Å²) < 4.78 is 0. The number of aromatic nitrogens is 3. The monoisotopic (exact) mass is 421 g/mol. The Morgan fingerprint density at radius 2 is 2.03 bits per heavy atom. The Morgan fingerprint density at radius 1 is 1.17 bits per heavy atom. The van der Waals surface area contributed by atoms with Crippen LogP contribution in [0.3, 0.4) is 0 Å². The summed E-state index contributed by atoms with van der Waals surface area (Å²) in [4.78, 5) is 23.9. The van der Waals surface area contributed by atoms with Gasteiger partial charge in [-0.05, 0) is 59.8 Å². The third-order valence-corrected chi connectivity index (χ3v) is 4.86. The highest BCUT2D eigenvalue weighted by molar-refractivity contribution is 6.30. The zero-order chi connectivity index (χ0) is 21.1. The van der Waals surface area contributed by atoms with E-state index in [1.807, 2.05) is 19.1 Å². The first kappa shape index (κ1) is 19.9. The van der Waals surface area contributed by atoms with Gasteiger partial charge >= 0.3 is 0 Å². The summed E-state index contributed by atoms with van der Waals surface area (Å²) in [6.07, 6.45) is 2.48. The van der Waals surface area contributed by atoms with Gasteiger partial charge in [-0.25, -0.2) is 9.97 Å². The molecular weight excluding hydrogens is 402 g/mol. The Bertz CT molecular complexity index is 1260. The maximum absolute atomic E-state index is 12.4. The molecule has 1 aromatic carbocycles. The van der Waals surface area contributed by atoms with Crippen LogP contribution in [-0.2, 0) is 0 Å². The Hall–Kier alpha value is -3.42. The standard InChI is InChI=1S/C22H20ClN5O2/c1-13-5-7-24-18(9-13)27-19-11-15-6-8-25-22(30)20(15)21(28-19)26-12-17(29)14-3-2-4-16(23)10-14/h2-11,17,29H,12H2,1H3,(H,25,30)(H2,24,26,27,28)/t17-/m1/s1. The molecule has 3 heterocycles. The fraction of sp³-hybridized carbons (Fsp3) is 0.136. The van der Waals surface area contributed by atoms with Crippen LogP contribution in [0.4, 0.5) is 17.5 Å². The van der Waals surface area contributed by atoms with Gasteiger partial charge in [0.1, 0.15) is 17.5 Å². The molecule has 0 saturated heterocycles. The van der Waals surface area contributed by atoms with Crippen LogP contribution >= 0.6 is 11.6 Å². The minimum Gasteiger partial charge on any atom is -0.387 e. The van der Waals surface area contributed by atoms with Crippen molar-refractivity contribution in [3.8, 4) is 0 Å². The Balaban J connectivity index is 1.66. The Kier molecular flexibility index (Phi) is 5.65. The van der Waals surface area contributed by atoms with E-state index in [1.165, 1.54) is 0 Å². The van der Waals surface area contributed by atoms with Crippen molar-refractivity contribution in [2.75, 3.05) is 17.2 Å². The second-order valence-corrected chi connectivity index (χ2v) is 7.36. The molecule has 0 saturated carbocycles. The Morgan fingerprint density at radius 3 is 2.83 bits per heavy atom. The number of pyridine rings is 3. The first-order valence-corrected chi connectivity index (χ1v) is 9.77. The molecule has 0 radical (unpaired) electrons. The minimum absolute atomic E-state index is 0.156. The second-order valence-electron chi connectivity index (χ2n) is 6.92. The fourth-order valence-electron chi connectivity index (χ4n) is 3.17. The highest BCUT2D eigenvalue weighted by Crippen LogP contribution is 2.25. The van der Waals surface area contributed by atoms with E-state index in [9.17, 15) is 9.90 Å². The highest BCUT2D eigenvalue weighted by Gasteiger charge is 2.13. The van der Waals surface area contributed by atoms with Crippen molar-refractivity contribution in [2.45, 2.75) is 13.0 Å². The van der Waals surface area contributed by atoms with E-state index in [-0.39, 0.29) is 12.1 Å². The first-order valence-electron chi connectivity index (χ1n) is 9.39. The summed E-state index contributed by atoms with van der Waals surface area (Å²) in [5.74, 6) is 1.55. The lowest BCUT2D eigenvalue weighted by atomic mass is 10.1. The molecule has 0 unspecified atom stereocenters. The number of H-pyrrole nitrogens is 1. The van der Waals surface area contributed by atoms with Gasteiger partial charge in [0.2, 0.25) is 0 Å². The molecule has 4 rings (SSSR count). The lowest BCUT2D eigenvalue weighted by molar-refractivity contribution is 0.191. The average Bonchev–Trinajstić information content (AvgIpc) is 2.72. The van der Waals surface area contributed by atoms with E-state index < -0.39 is 6.10 Å². The summed E-state index contributed by atoms with van der Waals surface area (Å²) >= 11 is 6.01. The number of aliphatic hydroxyl groups excluding tert-OH is 1. The number of rotatable bonds is 6. The van der Waals surface area contributed by atoms with Gasteiger partial charge in [-0.2, -0.15) is 0 Å². The van der Waals surface area contributed by atoms with Crippen molar-refractivity contribution in [2.24, 2.45) is 0 Å². The van der Waals surface area contributed by atoms with Gasteiger partial charge in [0, 0.05) is 24.0 Å². The predicted molar refractivity (Wildman–Crippen MR) is 120 cm³/mol. The van der Waals surface area contributed by atoms with Gasteiger partial charge in [-0.3, -0.25) is 4.79 Å². The zero-order valence-electron chi connectivity index (χ0n) is 16.2. The molecule has 3 aromatic heterocycles. The molecule has 0 aliphatic carbocycles. The lowest BCUT2D eigenvalue weighted by Crippen LogP contribution is -2.16. The molecule has 152 valence electrons. The molecule has 0 aliphatic rings. The van der Waals surface area contributed by atoms with Crippen molar-refractivity contribution < 1.29 is 5.11 Å². The van der Waals surface area contributed by atoms with Crippen molar-refractivity contribution in [1.82, 2.24) is 15.0 Å². The molecule has 4 aromatic rings. The van der Waals surface area contributed by atoms with Gasteiger partial charge in [0.15, 0.2) is 0 Å². The smallest absolute Gasteiger partial charge is 0.259 e. The number of fused-ring (bicyclic) bond motifs is 1. The quantitative estimate of drug-likeness (QED) is 0.372. The normalized spacial score (nSPS) is 12.0. The molecule has 8 heteroatoms. The maximum Gasteiger partial charge on any atom is 0.259 e. The van der Waals surface area contributed by atoms with E-state index in [0.717, 1.165) is 5.56 Å². The SMILES string of the molecule is Cc1ccnc(Nc2cc3cc[nH]c(=O)c3c(NC[C@@H](O)c3cccc(Cl)c3)n2)c1. The summed E-state index contributed by atoms with van der Waals surface area (Å²) in [5.41, 5.74) is 1.47. The number of hydrogen-bond acceptors (Lipinski definition) is 6. The number of hydrogen-bond donors (Lipinski definition) is 4. The van der Waals surface area contributed by atoms with Gasteiger partial charge in [0.25, 0.3) is 5.56 Å². The summed E-state index contributed by atoms with van der Waals surface area (Å²) in [5, 5.41) is 18.5. The van der Waals surface area contributed by atoms with Gasteiger partial charge < -0.3 is 20.7 Å². The molecular formula is C22H20ClN5O2. The van der Waals surface area contributed by atoms with Crippen molar-refractivity contribution >= 4 is 39.8 Å². The van der Waals surface area contributed by atoms with Gasteiger partial charge in [-0.1, -0.05) is 23.7 Å². The van der Waals surface area contributed by atoms with Crippen molar-refractivity contribution in [3.63, 3.8) is 0 Å². The molecule has 0 amide bonds. The summed E-state index contributed by atoms with van der Waals surface area (Å²) in [6.45, 7) is 2.13. The molecule has 30 heavy (non-hydrogen) atoms. The highest BCUT2D eigenvalue weighted by atomic mass is 35.5. The van der Waals surface area contributed by atoms with Crippen LogP contribution in [0.25, 0.3) is 10.8 Å². The second kappa shape index (κ2) is 8.52. The topological polar surface area (TPSA) is 103 Å². The maximum atomic E-state index is 12.4. The molecule has 0 bridgehead atoms. The number of aromatic amines is 1. The number of aryl methyl sites for hydroxylation is 1. The first-order chi connectivity index (χ1) is 14.5. The van der Waals surface area contributed by atoms with Crippen molar-refractivity contribution in [3.05, 3.63) is 87.4 Å². The van der Waals surface area contributed by atoms with Crippen LogP contribution in [0.1, 0.15) is 17.2 Å². The molecule has 0 spiro atoms. The fourth-order valence-corrected chi connectivity index (χ4v) is 3.37. The van der Waals surface area contributed by atoms with Crippen LogP contribution in [0, 0.1) is 6.92 Å². The Labute approximate surface area is 177 Å². The third-order valence-electron chi connectivity index (χ3n) is 4.62. The van der Waals surface area contributed by atoms with Crippen LogP contribution in [0.15, 0.2) is 65.7 Å². The number of benzene rings is 1. The van der Waals surface area contributed by atoms with Crippen LogP contribution < -0.4 is 16.2 Å². The van der Waals surface area contributed by atoms with Gasteiger partial charge in [-0.15, -0.1) is 0 Å². The van der Waals surface area contributed by atoms with E-state index in [0.29, 0.717) is 38.8 Å². The molecule has 1 atom stereocenters. The summed E-state index contributed by atoms with van der Waals surface area (Å²) in [6, 6.07) is 14.4. The third kappa shape index (κ3) is 4.42. The number of nitrogens with zero attached hydrogens (tertiary/aromatic N) is 2. The minimum atomic E-state index is -0.821. The lowest BCUT2D eigenvalue weighted by Gasteiger charge is -2.15. The van der Waals surface area contributed by atoms with Crippen LogP contribution in [0.2, 0.25) is 5.02 Å². The number of halogens is 1. The molecule has 4 N–H and O–H groups in total. The number of anilines is 3. The summed E-state index contributed by atoms with van der Waals surface area (Å²) in [7, 11) is 0. The van der Waals surface area contributed by atoms with E-state index in [2.05, 4.69) is 25.6 Å². The number of nitrogens with one attached hydrogen (secondary N) is 3. The largest absolute Gasteiger partial charge is 0.387 e. The average molecular weight is 422 g/mol. The van der Waals surface area contributed by atoms with Gasteiger partial charge in [0.05, 0.1) is 11.5 Å². The van der Waals surface area contributed by atoms with E-state index in [1.54, 1.807) is 48.8 Å². The zero-order valence-corrected chi connectivity index (χ0v) is 16.9. The van der Waals surface area contributed by atoms with E-state index in [4.69, 9.17) is 11.6 Å².